The van der Waals surface area contributed by atoms with Gasteiger partial charge in [0.25, 0.3) is 5.88 Å². The number of carbonyl (C=O) groups excluding carboxylic acids is 2. The van der Waals surface area contributed by atoms with Gasteiger partial charge in [0.15, 0.2) is 11.6 Å². The summed E-state index contributed by atoms with van der Waals surface area (Å²) in [6, 6.07) is 18.4. The van der Waals surface area contributed by atoms with Crippen molar-refractivity contribution in [1.29, 1.82) is 0 Å². The van der Waals surface area contributed by atoms with Crippen molar-refractivity contribution < 1.29 is 19.1 Å². The number of methoxy groups -OCH3 is 1. The molecule has 2 aromatic heterocycles. The molecular weight excluding hydrogens is 656 g/mol. The summed E-state index contributed by atoms with van der Waals surface area (Å²) >= 11 is 0. The molecule has 0 radical (unpaired) electrons. The number of aliphatic imine (C=N–C) groups is 1. The molecule has 4 aliphatic heterocycles. The van der Waals surface area contributed by atoms with Crippen LogP contribution in [0.4, 0.5) is 5.69 Å². The minimum Gasteiger partial charge on any atom is -0.485 e. The maximum absolute atomic E-state index is 14.1. The Morgan fingerprint density at radius 2 is 1.83 bits per heavy atom. The number of hydrogen-bond acceptors (Lipinski definition) is 9. The van der Waals surface area contributed by atoms with E-state index in [9.17, 15) is 9.59 Å². The highest BCUT2D eigenvalue weighted by Gasteiger charge is 2.51. The first-order valence-electron chi connectivity index (χ1n) is 18.2. The lowest BCUT2D eigenvalue weighted by atomic mass is 9.85. The number of amides is 2. The minimum absolute atomic E-state index is 0.119. The van der Waals surface area contributed by atoms with Gasteiger partial charge in [0.2, 0.25) is 11.8 Å². The molecule has 9 rings (SSSR count). The van der Waals surface area contributed by atoms with Crippen molar-refractivity contribution in [3.8, 4) is 23.0 Å². The fourth-order valence-electron chi connectivity index (χ4n) is 8.01. The Morgan fingerprint density at radius 1 is 1.00 bits per heavy atom. The van der Waals surface area contributed by atoms with Crippen molar-refractivity contribution in [3.05, 3.63) is 89.4 Å². The normalized spacial score (nSPS) is 21.5. The van der Waals surface area contributed by atoms with Crippen LogP contribution < -0.4 is 14.4 Å². The number of aryl methyl sites for hydroxylation is 1. The zero-order valence-electron chi connectivity index (χ0n) is 29.6. The van der Waals surface area contributed by atoms with Gasteiger partial charge in [0.05, 0.1) is 43.1 Å². The Kier molecular flexibility index (Phi) is 8.14. The lowest BCUT2D eigenvalue weighted by Gasteiger charge is -2.29. The van der Waals surface area contributed by atoms with Crippen LogP contribution >= 0.6 is 0 Å². The lowest BCUT2D eigenvalue weighted by molar-refractivity contribution is -0.132. The summed E-state index contributed by atoms with van der Waals surface area (Å²) in [4.78, 5) is 47.5. The lowest BCUT2D eigenvalue weighted by Crippen LogP contribution is -2.43. The van der Waals surface area contributed by atoms with Gasteiger partial charge < -0.3 is 19.3 Å². The molecule has 2 amide bonds. The first kappa shape index (κ1) is 32.5. The molecular formula is C40H42N8O4. The number of anilines is 1. The highest BCUT2D eigenvalue weighted by molar-refractivity contribution is 6.15. The van der Waals surface area contributed by atoms with Crippen molar-refractivity contribution in [1.82, 2.24) is 29.5 Å². The van der Waals surface area contributed by atoms with Gasteiger partial charge in [0.1, 0.15) is 6.33 Å². The second-order valence-electron chi connectivity index (χ2n) is 14.6. The first-order valence-corrected chi connectivity index (χ1v) is 18.2. The number of ether oxygens (including phenoxy) is 2. The van der Waals surface area contributed by atoms with Crippen LogP contribution in [0.5, 0.6) is 11.6 Å². The number of aromatic nitrogens is 4. The maximum atomic E-state index is 14.1. The van der Waals surface area contributed by atoms with E-state index in [4.69, 9.17) is 19.5 Å². The molecule has 4 aromatic rings. The average molecular weight is 699 g/mol. The molecule has 5 aliphatic rings. The fraction of sp³-hybridized carbons (Fsp3) is 0.400. The summed E-state index contributed by atoms with van der Waals surface area (Å²) in [5.74, 6) is 2.09. The number of pyridine rings is 1. The van der Waals surface area contributed by atoms with Crippen molar-refractivity contribution >= 4 is 28.8 Å². The standard InChI is InChI=1S/C40H42N8O4/c1-45-25-42-37(44-45)28-5-3-26(4-6-28)27-13-17-47(18-14-27)35(49)23-46-19-15-40(24-46)16-20-48(39(40)50)30-8-7-29-22-41-36(32(29)21-30)33-11-12-34(38(43-33)51-2)52-31-9-10-31/h3-8,11-13,21,25,31H,9-10,14-20,22-24H2,1-2H3/t40-/m0/s1. The Hall–Kier alpha value is -5.36. The van der Waals surface area contributed by atoms with Gasteiger partial charge in [-0.3, -0.25) is 24.2 Å². The fourth-order valence-corrected chi connectivity index (χ4v) is 8.01. The molecule has 1 atom stereocenters. The van der Waals surface area contributed by atoms with Crippen LogP contribution in [-0.4, -0.2) is 99.6 Å². The Balaban J connectivity index is 0.822. The molecule has 6 heterocycles. The van der Waals surface area contributed by atoms with Gasteiger partial charge in [-0.05, 0) is 79.6 Å². The van der Waals surface area contributed by atoms with Crippen LogP contribution in [-0.2, 0) is 23.2 Å². The van der Waals surface area contributed by atoms with Crippen molar-refractivity contribution in [2.45, 2.75) is 44.8 Å². The van der Waals surface area contributed by atoms with Gasteiger partial charge in [0, 0.05) is 50.0 Å². The molecule has 266 valence electrons. The first-order chi connectivity index (χ1) is 25.4. The third kappa shape index (κ3) is 6.04. The zero-order chi connectivity index (χ0) is 35.4. The summed E-state index contributed by atoms with van der Waals surface area (Å²) < 4.78 is 13.2. The third-order valence-electron chi connectivity index (χ3n) is 11.1. The third-order valence-corrected chi connectivity index (χ3v) is 11.1. The van der Waals surface area contributed by atoms with E-state index in [1.165, 1.54) is 5.57 Å². The van der Waals surface area contributed by atoms with E-state index in [1.807, 2.05) is 47.2 Å². The minimum atomic E-state index is -0.464. The van der Waals surface area contributed by atoms with E-state index < -0.39 is 5.41 Å². The molecule has 0 unspecified atom stereocenters. The number of likely N-dealkylation sites (tertiary alicyclic amines) is 1. The summed E-state index contributed by atoms with van der Waals surface area (Å²) in [7, 11) is 3.47. The second-order valence-corrected chi connectivity index (χ2v) is 14.6. The van der Waals surface area contributed by atoms with Crippen LogP contribution in [0.15, 0.2) is 72.0 Å². The summed E-state index contributed by atoms with van der Waals surface area (Å²) in [6.07, 6.45) is 8.57. The van der Waals surface area contributed by atoms with Crippen LogP contribution in [0.1, 0.15) is 54.5 Å². The molecule has 1 spiro atoms. The van der Waals surface area contributed by atoms with Crippen molar-refractivity contribution in [3.63, 3.8) is 0 Å². The van der Waals surface area contributed by atoms with E-state index in [1.54, 1.807) is 18.1 Å². The van der Waals surface area contributed by atoms with Gasteiger partial charge >= 0.3 is 0 Å². The van der Waals surface area contributed by atoms with E-state index >= 15 is 0 Å². The molecule has 3 fully saturated rings. The number of carbonyl (C=O) groups is 2. The molecule has 0 bridgehead atoms. The highest BCUT2D eigenvalue weighted by atomic mass is 16.5. The molecule has 12 nitrogen and oxygen atoms in total. The van der Waals surface area contributed by atoms with Gasteiger partial charge in [-0.25, -0.2) is 9.97 Å². The molecule has 0 N–H and O–H groups in total. The Morgan fingerprint density at radius 3 is 2.58 bits per heavy atom. The number of rotatable bonds is 9. The quantitative estimate of drug-likeness (QED) is 0.251. The molecule has 52 heavy (non-hydrogen) atoms. The maximum Gasteiger partial charge on any atom is 0.257 e. The summed E-state index contributed by atoms with van der Waals surface area (Å²) in [5, 5.41) is 4.39. The topological polar surface area (TPSA) is 118 Å². The Labute approximate surface area is 302 Å². The van der Waals surface area contributed by atoms with Gasteiger partial charge in [-0.1, -0.05) is 36.4 Å². The largest absolute Gasteiger partial charge is 0.485 e. The van der Waals surface area contributed by atoms with E-state index in [0.717, 1.165) is 78.0 Å². The van der Waals surface area contributed by atoms with Crippen LogP contribution in [0.2, 0.25) is 0 Å². The SMILES string of the molecule is COc1nc(C2=NCc3ccc(N4CC[C@]5(CCN(CC(=O)N6CC=C(c7ccc(-c8ncn(C)n8)cc7)CC6)C5)C4=O)cc32)ccc1OC1CC1. The van der Waals surface area contributed by atoms with Crippen molar-refractivity contribution in [2.75, 3.05) is 51.3 Å². The van der Waals surface area contributed by atoms with Crippen LogP contribution in [0.3, 0.4) is 0 Å². The average Bonchev–Trinajstić information content (AvgIpc) is 3.45. The predicted octanol–water partition coefficient (Wildman–Crippen LogP) is 4.52. The van der Waals surface area contributed by atoms with Crippen LogP contribution in [0.25, 0.3) is 17.0 Å². The number of fused-ring (bicyclic) bond motifs is 1. The number of hydrogen-bond donors (Lipinski definition) is 0. The highest BCUT2D eigenvalue weighted by Crippen LogP contribution is 2.43. The number of nitrogens with zero attached hydrogens (tertiary/aromatic N) is 8. The molecule has 1 saturated carbocycles. The van der Waals surface area contributed by atoms with E-state index in [0.29, 0.717) is 56.7 Å². The van der Waals surface area contributed by atoms with E-state index in [2.05, 4.69) is 45.3 Å². The molecule has 1 aliphatic carbocycles. The predicted molar refractivity (Wildman–Crippen MR) is 196 cm³/mol. The Bertz CT molecular complexity index is 2120. The van der Waals surface area contributed by atoms with Gasteiger partial charge in [-0.15, -0.1) is 0 Å². The molecule has 12 heteroatoms. The second kappa shape index (κ2) is 13.0. The molecule has 2 aromatic carbocycles. The van der Waals surface area contributed by atoms with Gasteiger partial charge in [-0.2, -0.15) is 5.10 Å². The number of benzene rings is 2. The van der Waals surface area contributed by atoms with E-state index in [-0.39, 0.29) is 17.9 Å². The van der Waals surface area contributed by atoms with Crippen LogP contribution in [0, 0.1) is 5.41 Å². The monoisotopic (exact) mass is 698 g/mol. The summed E-state index contributed by atoms with van der Waals surface area (Å²) in [6.45, 7) is 4.19. The molecule has 2 saturated heterocycles. The smallest absolute Gasteiger partial charge is 0.257 e. The van der Waals surface area contributed by atoms with Crippen molar-refractivity contribution in [2.24, 2.45) is 17.5 Å². The summed E-state index contributed by atoms with van der Waals surface area (Å²) in [5.41, 5.74) is 7.44. The zero-order valence-corrected chi connectivity index (χ0v) is 29.6.